The van der Waals surface area contributed by atoms with Gasteiger partial charge in [-0.1, -0.05) is 45.3 Å². The third-order valence-electron chi connectivity index (χ3n) is 4.76. The third-order valence-corrected chi connectivity index (χ3v) is 5.26. The Morgan fingerprint density at radius 2 is 2.00 bits per heavy atom. The van der Waals surface area contributed by atoms with Crippen LogP contribution in [0.4, 0.5) is 17.3 Å². The molecule has 148 valence electrons. The van der Waals surface area contributed by atoms with Gasteiger partial charge in [-0.2, -0.15) is 9.78 Å². The van der Waals surface area contributed by atoms with Crippen molar-refractivity contribution in [3.63, 3.8) is 0 Å². The van der Waals surface area contributed by atoms with Crippen molar-refractivity contribution in [2.45, 2.75) is 6.04 Å². The molecule has 5 rings (SSSR count). The highest BCUT2D eigenvalue weighted by molar-refractivity contribution is 9.10. The smallest absolute Gasteiger partial charge is 0.288 e. The van der Waals surface area contributed by atoms with Crippen LogP contribution in [0.25, 0.3) is 11.3 Å². The highest BCUT2D eigenvalue weighted by Crippen LogP contribution is 2.41. The molecule has 11 nitrogen and oxygen atoms in total. The summed E-state index contributed by atoms with van der Waals surface area (Å²) in [6.07, 6.45) is 0. The maximum Gasteiger partial charge on any atom is 0.288 e. The van der Waals surface area contributed by atoms with Gasteiger partial charge in [0, 0.05) is 27.7 Å². The van der Waals surface area contributed by atoms with Crippen molar-refractivity contribution in [2.24, 2.45) is 0 Å². The number of nitrogens with zero attached hydrogens (tertiary/aromatic N) is 6. The molecule has 0 radical (unpaired) electrons. The number of halogens is 1. The van der Waals surface area contributed by atoms with E-state index in [4.69, 9.17) is 0 Å². The Bertz CT molecular complexity index is 1370. The van der Waals surface area contributed by atoms with Crippen LogP contribution >= 0.6 is 15.9 Å². The van der Waals surface area contributed by atoms with E-state index >= 15 is 0 Å². The maximum atomic E-state index is 12.6. The second-order valence-electron chi connectivity index (χ2n) is 6.53. The first-order valence-electron chi connectivity index (χ1n) is 8.70. The first-order valence-corrected chi connectivity index (χ1v) is 9.50. The van der Waals surface area contributed by atoms with Crippen LogP contribution < -0.4 is 10.9 Å². The lowest BCUT2D eigenvalue weighted by Gasteiger charge is -2.27. The number of fused-ring (bicyclic) bond motifs is 2. The summed E-state index contributed by atoms with van der Waals surface area (Å²) in [5, 5.41) is 32.6. The summed E-state index contributed by atoms with van der Waals surface area (Å²) in [5.41, 5.74) is 1.88. The molecule has 4 aromatic rings. The average Bonchev–Trinajstić information content (AvgIpc) is 3.21. The maximum absolute atomic E-state index is 12.6. The van der Waals surface area contributed by atoms with E-state index in [0.717, 1.165) is 10.0 Å². The van der Waals surface area contributed by atoms with Crippen LogP contribution in [0.15, 0.2) is 57.8 Å². The minimum Gasteiger partial charge on any atom is -0.318 e. The molecule has 1 aliphatic rings. The van der Waals surface area contributed by atoms with E-state index in [1.807, 2.05) is 24.3 Å². The molecule has 0 aliphatic carbocycles. The molecule has 0 unspecified atom stereocenters. The van der Waals surface area contributed by atoms with E-state index in [9.17, 15) is 14.9 Å². The average molecular weight is 467 g/mol. The van der Waals surface area contributed by atoms with E-state index in [1.165, 1.54) is 12.1 Å². The number of aromatic amines is 1. The lowest BCUT2D eigenvalue weighted by Crippen LogP contribution is -2.29. The molecule has 0 saturated carbocycles. The molecule has 3 heterocycles. The first-order chi connectivity index (χ1) is 14.5. The highest BCUT2D eigenvalue weighted by Gasteiger charge is 2.34. The topological polar surface area (TPSA) is 145 Å². The Balaban J connectivity index is 1.82. The van der Waals surface area contributed by atoms with Crippen LogP contribution in [0.2, 0.25) is 0 Å². The molecular weight excluding hydrogens is 456 g/mol. The Labute approximate surface area is 176 Å². The van der Waals surface area contributed by atoms with E-state index in [1.54, 1.807) is 16.8 Å². The number of tetrazole rings is 1. The summed E-state index contributed by atoms with van der Waals surface area (Å²) in [6.45, 7) is 0. The number of non-ortho nitro benzene ring substituents is 1. The lowest BCUT2D eigenvalue weighted by atomic mass is 9.92. The van der Waals surface area contributed by atoms with Gasteiger partial charge in [0.2, 0.25) is 5.95 Å². The number of rotatable bonds is 3. The summed E-state index contributed by atoms with van der Waals surface area (Å²) in [6, 6.07) is 13.0. The lowest BCUT2D eigenvalue weighted by molar-refractivity contribution is -0.384. The van der Waals surface area contributed by atoms with Crippen LogP contribution in [0, 0.1) is 10.1 Å². The van der Waals surface area contributed by atoms with Gasteiger partial charge in [0.25, 0.3) is 11.2 Å². The summed E-state index contributed by atoms with van der Waals surface area (Å²) < 4.78 is 2.39. The summed E-state index contributed by atoms with van der Waals surface area (Å²) in [4.78, 5) is 23.4. The Hall–Kier alpha value is -3.93. The Morgan fingerprint density at radius 1 is 1.17 bits per heavy atom. The molecule has 12 heteroatoms. The number of benzene rings is 2. The molecule has 0 amide bonds. The second kappa shape index (κ2) is 6.84. The molecule has 2 N–H and O–H groups in total. The number of aromatic nitrogens is 6. The van der Waals surface area contributed by atoms with Gasteiger partial charge in [-0.3, -0.25) is 14.9 Å². The number of anilines is 2. The van der Waals surface area contributed by atoms with Gasteiger partial charge in [-0.05, 0) is 28.1 Å². The van der Waals surface area contributed by atoms with Crippen LogP contribution in [-0.4, -0.2) is 35.3 Å². The SMILES string of the molecule is O=c1[nH]nc(-c2cccc([N+](=O)[O-])c2)c2c1Nc1nnnn1[C@@H]2c1cccc(Br)c1. The molecule has 2 aromatic heterocycles. The van der Waals surface area contributed by atoms with Gasteiger partial charge < -0.3 is 5.32 Å². The molecule has 0 saturated heterocycles. The number of H-pyrrole nitrogens is 1. The second-order valence-corrected chi connectivity index (χ2v) is 7.44. The standard InChI is InChI=1S/C18H11BrN8O3/c19-11-5-1-4-10(7-11)16-13-14(9-3-2-6-12(8-9)27(29)30)21-22-17(28)15(13)20-18-23-24-25-26(16)18/h1-8,16H,(H,22,28)(H,20,23,25)/t16-/m1/s1. The molecular formula is C18H11BrN8O3. The number of nitro groups is 1. The molecule has 0 spiro atoms. The summed E-state index contributed by atoms with van der Waals surface area (Å²) in [7, 11) is 0. The largest absolute Gasteiger partial charge is 0.318 e. The molecule has 2 aromatic carbocycles. The van der Waals surface area contributed by atoms with Crippen molar-refractivity contribution >= 4 is 33.3 Å². The zero-order valence-electron chi connectivity index (χ0n) is 15.0. The predicted octanol–water partition coefficient (Wildman–Crippen LogP) is 2.79. The van der Waals surface area contributed by atoms with Crippen molar-refractivity contribution in [1.29, 1.82) is 0 Å². The van der Waals surface area contributed by atoms with Crippen molar-refractivity contribution in [2.75, 3.05) is 5.32 Å². The van der Waals surface area contributed by atoms with Gasteiger partial charge in [0.1, 0.15) is 11.7 Å². The molecule has 30 heavy (non-hydrogen) atoms. The van der Waals surface area contributed by atoms with E-state index < -0.39 is 16.5 Å². The monoisotopic (exact) mass is 466 g/mol. The fraction of sp³-hybridized carbons (Fsp3) is 0.0556. The number of hydrogen-bond acceptors (Lipinski definition) is 8. The van der Waals surface area contributed by atoms with E-state index in [2.05, 4.69) is 47.0 Å². The van der Waals surface area contributed by atoms with Crippen LogP contribution in [0.3, 0.4) is 0 Å². The molecule has 1 atom stereocenters. The molecule has 1 aliphatic heterocycles. The van der Waals surface area contributed by atoms with Crippen LogP contribution in [0.5, 0.6) is 0 Å². The van der Waals surface area contributed by atoms with Crippen LogP contribution in [-0.2, 0) is 0 Å². The predicted molar refractivity (Wildman–Crippen MR) is 109 cm³/mol. The van der Waals surface area contributed by atoms with E-state index in [-0.39, 0.29) is 11.4 Å². The minimum atomic E-state index is -0.576. The van der Waals surface area contributed by atoms with Crippen LogP contribution in [0.1, 0.15) is 17.2 Å². The first kappa shape index (κ1) is 18.1. The molecule has 0 bridgehead atoms. The van der Waals surface area contributed by atoms with Gasteiger partial charge in [-0.15, -0.1) is 0 Å². The van der Waals surface area contributed by atoms with Crippen molar-refractivity contribution < 1.29 is 4.92 Å². The van der Waals surface area contributed by atoms with Crippen molar-refractivity contribution in [1.82, 2.24) is 30.4 Å². The van der Waals surface area contributed by atoms with Crippen molar-refractivity contribution in [3.8, 4) is 11.3 Å². The number of hydrogen-bond donors (Lipinski definition) is 2. The highest BCUT2D eigenvalue weighted by atomic mass is 79.9. The summed E-state index contributed by atoms with van der Waals surface area (Å²) >= 11 is 3.47. The van der Waals surface area contributed by atoms with Gasteiger partial charge >= 0.3 is 0 Å². The third kappa shape index (κ3) is 2.85. The minimum absolute atomic E-state index is 0.0832. The number of nitrogens with one attached hydrogen (secondary N) is 2. The molecule has 0 fully saturated rings. The van der Waals surface area contributed by atoms with E-state index in [0.29, 0.717) is 22.8 Å². The van der Waals surface area contributed by atoms with Gasteiger partial charge in [0.15, 0.2) is 0 Å². The van der Waals surface area contributed by atoms with Crippen molar-refractivity contribution in [3.05, 3.63) is 84.6 Å². The normalized spacial score (nSPS) is 14.5. The zero-order valence-corrected chi connectivity index (χ0v) is 16.6. The number of nitro benzene ring substituents is 1. The van der Waals surface area contributed by atoms with Gasteiger partial charge in [0.05, 0.1) is 10.6 Å². The quantitative estimate of drug-likeness (QED) is 0.305. The Kier molecular flexibility index (Phi) is 4.13. The fourth-order valence-electron chi connectivity index (χ4n) is 3.51. The Morgan fingerprint density at radius 3 is 2.80 bits per heavy atom. The summed E-state index contributed by atoms with van der Waals surface area (Å²) in [5.74, 6) is 0.300. The van der Waals surface area contributed by atoms with Gasteiger partial charge in [-0.25, -0.2) is 5.10 Å². The fourth-order valence-corrected chi connectivity index (χ4v) is 3.93. The zero-order chi connectivity index (χ0) is 20.8.